The second-order valence-corrected chi connectivity index (χ2v) is 7.46. The molecule has 1 amide bonds. The summed E-state index contributed by atoms with van der Waals surface area (Å²) in [5, 5.41) is 0. The Morgan fingerprint density at radius 2 is 1.75 bits per heavy atom. The number of nitrogens with one attached hydrogen (secondary N) is 1. The van der Waals surface area contributed by atoms with Gasteiger partial charge in [-0.3, -0.25) is 9.52 Å². The zero-order valence-corrected chi connectivity index (χ0v) is 14.9. The van der Waals surface area contributed by atoms with Gasteiger partial charge in [-0.15, -0.1) is 0 Å². The minimum atomic E-state index is -3.68. The average Bonchev–Trinajstić information content (AvgIpc) is 2.54. The van der Waals surface area contributed by atoms with Gasteiger partial charge in [-0.05, 0) is 42.3 Å². The Balaban J connectivity index is 2.23. The molecule has 128 valence electrons. The highest BCUT2D eigenvalue weighted by Gasteiger charge is 2.15. The molecule has 24 heavy (non-hydrogen) atoms. The molecule has 6 heteroatoms. The van der Waals surface area contributed by atoms with Gasteiger partial charge in [0.05, 0.1) is 4.90 Å². The van der Waals surface area contributed by atoms with Gasteiger partial charge in [-0.2, -0.15) is 0 Å². The first-order valence-electron chi connectivity index (χ1n) is 7.77. The van der Waals surface area contributed by atoms with Gasteiger partial charge in [-0.1, -0.05) is 31.5 Å². The zero-order chi connectivity index (χ0) is 17.7. The quantitative estimate of drug-likeness (QED) is 0.874. The van der Waals surface area contributed by atoms with E-state index in [1.165, 1.54) is 11.0 Å². The Morgan fingerprint density at radius 3 is 2.33 bits per heavy atom. The summed E-state index contributed by atoms with van der Waals surface area (Å²) in [4.78, 5) is 13.6. The number of hydrogen-bond acceptors (Lipinski definition) is 3. The van der Waals surface area contributed by atoms with Crippen molar-refractivity contribution in [3.8, 4) is 0 Å². The van der Waals surface area contributed by atoms with Crippen LogP contribution in [0.3, 0.4) is 0 Å². The average molecular weight is 346 g/mol. The van der Waals surface area contributed by atoms with E-state index < -0.39 is 10.0 Å². The van der Waals surface area contributed by atoms with Gasteiger partial charge in [0.1, 0.15) is 0 Å². The number of hydrogen-bond donors (Lipinski definition) is 1. The van der Waals surface area contributed by atoms with Crippen LogP contribution < -0.4 is 4.72 Å². The van der Waals surface area contributed by atoms with E-state index in [0.717, 1.165) is 18.4 Å². The van der Waals surface area contributed by atoms with Crippen LogP contribution in [0, 0.1) is 0 Å². The van der Waals surface area contributed by atoms with Crippen molar-refractivity contribution in [3.63, 3.8) is 0 Å². The van der Waals surface area contributed by atoms with Gasteiger partial charge in [-0.25, -0.2) is 8.42 Å². The Morgan fingerprint density at radius 1 is 1.08 bits per heavy atom. The number of carbonyl (C=O) groups is 1. The van der Waals surface area contributed by atoms with Crippen LogP contribution >= 0.6 is 0 Å². The lowest BCUT2D eigenvalue weighted by molar-refractivity contribution is 0.0827. The van der Waals surface area contributed by atoms with Crippen molar-refractivity contribution < 1.29 is 13.2 Å². The molecule has 0 aliphatic heterocycles. The molecule has 1 N–H and O–H groups in total. The lowest BCUT2D eigenvalue weighted by atomic mass is 10.1. The highest BCUT2D eigenvalue weighted by atomic mass is 32.2. The van der Waals surface area contributed by atoms with Crippen molar-refractivity contribution >= 4 is 21.6 Å². The molecule has 0 saturated carbocycles. The van der Waals surface area contributed by atoms with Crippen molar-refractivity contribution in [1.29, 1.82) is 0 Å². The van der Waals surface area contributed by atoms with Crippen LogP contribution in [-0.2, 0) is 16.4 Å². The number of amides is 1. The monoisotopic (exact) mass is 346 g/mol. The second-order valence-electron chi connectivity index (χ2n) is 5.78. The molecular weight excluding hydrogens is 324 g/mol. The van der Waals surface area contributed by atoms with E-state index in [9.17, 15) is 13.2 Å². The molecule has 0 atom stereocenters. The van der Waals surface area contributed by atoms with E-state index in [0.29, 0.717) is 11.3 Å². The third-order valence-corrected chi connectivity index (χ3v) is 4.94. The van der Waals surface area contributed by atoms with Crippen LogP contribution in [0.5, 0.6) is 0 Å². The fourth-order valence-corrected chi connectivity index (χ4v) is 3.36. The first kappa shape index (κ1) is 18.0. The van der Waals surface area contributed by atoms with Crippen molar-refractivity contribution in [3.05, 3.63) is 59.7 Å². The molecule has 0 bridgehead atoms. The lowest BCUT2D eigenvalue weighted by Crippen LogP contribution is -2.22. The lowest BCUT2D eigenvalue weighted by Gasteiger charge is -2.12. The Kier molecular flexibility index (Phi) is 5.62. The normalized spacial score (nSPS) is 11.1. The van der Waals surface area contributed by atoms with E-state index in [2.05, 4.69) is 11.6 Å². The summed E-state index contributed by atoms with van der Waals surface area (Å²) in [6, 6.07) is 13.3. The molecule has 0 spiro atoms. The number of carbonyl (C=O) groups excluding carboxylic acids is 1. The predicted molar refractivity (Wildman–Crippen MR) is 95.7 cm³/mol. The maximum absolute atomic E-state index is 12.5. The van der Waals surface area contributed by atoms with Gasteiger partial charge in [0.25, 0.3) is 15.9 Å². The Labute approximate surface area is 143 Å². The zero-order valence-electron chi connectivity index (χ0n) is 14.1. The van der Waals surface area contributed by atoms with Gasteiger partial charge in [0.15, 0.2) is 0 Å². The van der Waals surface area contributed by atoms with Crippen molar-refractivity contribution in [2.45, 2.75) is 24.7 Å². The first-order chi connectivity index (χ1) is 11.3. The van der Waals surface area contributed by atoms with Crippen LogP contribution in [0.1, 0.15) is 29.3 Å². The molecule has 2 aromatic carbocycles. The highest BCUT2D eigenvalue weighted by Crippen LogP contribution is 2.18. The molecule has 2 rings (SSSR count). The largest absolute Gasteiger partial charge is 0.345 e. The number of nitrogens with zero attached hydrogens (tertiary/aromatic N) is 1. The number of sulfonamides is 1. The standard InChI is InChI=1S/C18H22N2O3S/c1-4-6-14-9-11-17(12-10-14)24(22,23)19-16-8-5-7-15(13-16)18(21)20(2)3/h5,7-13,19H,4,6H2,1-3H3. The van der Waals surface area contributed by atoms with Crippen LogP contribution in [-0.4, -0.2) is 33.3 Å². The Bertz CT molecular complexity index is 812. The van der Waals surface area contributed by atoms with Crippen LogP contribution in [0.2, 0.25) is 0 Å². The maximum atomic E-state index is 12.5. The summed E-state index contributed by atoms with van der Waals surface area (Å²) < 4.78 is 27.5. The summed E-state index contributed by atoms with van der Waals surface area (Å²) >= 11 is 0. The van der Waals surface area contributed by atoms with Crippen LogP contribution in [0.15, 0.2) is 53.4 Å². The number of benzene rings is 2. The van der Waals surface area contributed by atoms with Crippen molar-refractivity contribution in [1.82, 2.24) is 4.90 Å². The van der Waals surface area contributed by atoms with Gasteiger partial charge in [0.2, 0.25) is 0 Å². The molecule has 0 radical (unpaired) electrons. The molecule has 0 aliphatic rings. The Hall–Kier alpha value is -2.34. The smallest absolute Gasteiger partial charge is 0.261 e. The molecule has 0 unspecified atom stereocenters. The predicted octanol–water partition coefficient (Wildman–Crippen LogP) is 3.14. The van der Waals surface area contributed by atoms with E-state index in [4.69, 9.17) is 0 Å². The summed E-state index contributed by atoms with van der Waals surface area (Å²) in [6.45, 7) is 2.08. The SMILES string of the molecule is CCCc1ccc(S(=O)(=O)Nc2cccc(C(=O)N(C)C)c2)cc1. The topological polar surface area (TPSA) is 66.5 Å². The second kappa shape index (κ2) is 7.49. The number of rotatable bonds is 6. The summed E-state index contributed by atoms with van der Waals surface area (Å²) in [6.07, 6.45) is 1.93. The highest BCUT2D eigenvalue weighted by molar-refractivity contribution is 7.92. The van der Waals surface area contributed by atoms with Crippen molar-refractivity contribution in [2.75, 3.05) is 18.8 Å². The van der Waals surface area contributed by atoms with Crippen molar-refractivity contribution in [2.24, 2.45) is 0 Å². The van der Waals surface area contributed by atoms with Crippen LogP contribution in [0.4, 0.5) is 5.69 Å². The summed E-state index contributed by atoms with van der Waals surface area (Å²) in [7, 11) is -0.383. The van der Waals surface area contributed by atoms with E-state index in [-0.39, 0.29) is 10.8 Å². The third-order valence-electron chi connectivity index (χ3n) is 3.54. The third kappa shape index (κ3) is 4.35. The summed E-state index contributed by atoms with van der Waals surface area (Å²) in [5.41, 5.74) is 1.90. The minimum absolute atomic E-state index is 0.181. The minimum Gasteiger partial charge on any atom is -0.345 e. The molecule has 0 heterocycles. The van der Waals surface area contributed by atoms with E-state index in [1.54, 1.807) is 44.4 Å². The van der Waals surface area contributed by atoms with Crippen LogP contribution in [0.25, 0.3) is 0 Å². The molecule has 0 saturated heterocycles. The molecule has 0 fully saturated rings. The first-order valence-corrected chi connectivity index (χ1v) is 9.25. The fourth-order valence-electron chi connectivity index (χ4n) is 2.31. The molecule has 5 nitrogen and oxygen atoms in total. The van der Waals surface area contributed by atoms with E-state index in [1.807, 2.05) is 12.1 Å². The molecule has 2 aromatic rings. The molecule has 0 aromatic heterocycles. The van der Waals surface area contributed by atoms with Gasteiger partial charge < -0.3 is 4.90 Å². The molecule has 0 aliphatic carbocycles. The fraction of sp³-hybridized carbons (Fsp3) is 0.278. The number of anilines is 1. The van der Waals surface area contributed by atoms with Gasteiger partial charge >= 0.3 is 0 Å². The molecular formula is C18H22N2O3S. The van der Waals surface area contributed by atoms with Gasteiger partial charge in [0, 0.05) is 25.3 Å². The van der Waals surface area contributed by atoms with E-state index >= 15 is 0 Å². The number of aryl methyl sites for hydroxylation is 1. The summed E-state index contributed by atoms with van der Waals surface area (Å²) in [5.74, 6) is -0.181. The maximum Gasteiger partial charge on any atom is 0.261 e.